The van der Waals surface area contributed by atoms with Gasteiger partial charge in [0, 0.05) is 25.2 Å². The second-order valence-corrected chi connectivity index (χ2v) is 6.03. The average molecular weight is 287 g/mol. The fourth-order valence-corrected chi connectivity index (χ4v) is 3.44. The molecule has 2 aromatic rings. The summed E-state index contributed by atoms with van der Waals surface area (Å²) in [6.07, 6.45) is 1.69. The molecule has 0 spiro atoms. The van der Waals surface area contributed by atoms with Crippen LogP contribution >= 0.6 is 0 Å². The Morgan fingerprint density at radius 3 is 2.86 bits per heavy atom. The van der Waals surface area contributed by atoms with Gasteiger partial charge in [-0.3, -0.25) is 4.90 Å². The summed E-state index contributed by atoms with van der Waals surface area (Å²) in [5.74, 6) is 1.77. The van der Waals surface area contributed by atoms with Crippen molar-refractivity contribution in [3.63, 3.8) is 0 Å². The molecule has 3 heterocycles. The van der Waals surface area contributed by atoms with Crippen LogP contribution in [0, 0.1) is 17.7 Å². The van der Waals surface area contributed by atoms with Gasteiger partial charge in [0.2, 0.25) is 5.89 Å². The third-order valence-electron chi connectivity index (χ3n) is 4.47. The van der Waals surface area contributed by atoms with Gasteiger partial charge in [0.05, 0.1) is 5.69 Å². The van der Waals surface area contributed by atoms with Gasteiger partial charge in [0.25, 0.3) is 0 Å². The first kappa shape index (κ1) is 13.0. The Labute approximate surface area is 123 Å². The highest BCUT2D eigenvalue weighted by Gasteiger charge is 2.36. The number of hydrogen-bond donors (Lipinski definition) is 1. The number of likely N-dealkylation sites (tertiary alicyclic amines) is 1. The lowest BCUT2D eigenvalue weighted by Crippen LogP contribution is -2.25. The van der Waals surface area contributed by atoms with E-state index in [1.54, 1.807) is 12.3 Å². The SMILES string of the molecule is Fc1cccc(-c2nc(CN3C[C@H]4CNC[C@H]4C3)co2)c1. The molecule has 21 heavy (non-hydrogen) atoms. The number of benzene rings is 1. The summed E-state index contributed by atoms with van der Waals surface area (Å²) in [5, 5.41) is 3.44. The molecule has 4 rings (SSSR count). The van der Waals surface area contributed by atoms with Gasteiger partial charge < -0.3 is 9.73 Å². The zero-order chi connectivity index (χ0) is 14.2. The van der Waals surface area contributed by atoms with Crippen molar-refractivity contribution in [3.05, 3.63) is 42.0 Å². The number of rotatable bonds is 3. The smallest absolute Gasteiger partial charge is 0.226 e. The molecule has 2 aliphatic heterocycles. The standard InChI is InChI=1S/C16H18FN3O/c17-14-3-1-2-11(4-14)16-19-15(10-21-16)9-20-7-12-5-18-6-13(12)8-20/h1-4,10,12-13,18H,5-9H2/t12-,13+. The van der Waals surface area contributed by atoms with Crippen LogP contribution in [-0.2, 0) is 6.54 Å². The van der Waals surface area contributed by atoms with E-state index in [9.17, 15) is 4.39 Å². The fraction of sp³-hybridized carbons (Fsp3) is 0.438. The van der Waals surface area contributed by atoms with Gasteiger partial charge in [0.15, 0.2) is 0 Å². The molecule has 2 aliphatic rings. The molecule has 1 aromatic heterocycles. The minimum absolute atomic E-state index is 0.271. The van der Waals surface area contributed by atoms with Crippen molar-refractivity contribution in [2.45, 2.75) is 6.54 Å². The van der Waals surface area contributed by atoms with E-state index in [2.05, 4.69) is 15.2 Å². The average Bonchev–Trinajstić information content (AvgIpc) is 3.14. The Bertz CT molecular complexity index is 630. The Hall–Kier alpha value is -1.72. The summed E-state index contributed by atoms with van der Waals surface area (Å²) in [6, 6.07) is 6.35. The molecule has 0 saturated carbocycles. The largest absolute Gasteiger partial charge is 0.444 e. The van der Waals surface area contributed by atoms with Crippen LogP contribution in [0.2, 0.25) is 0 Å². The summed E-state index contributed by atoms with van der Waals surface area (Å²) in [7, 11) is 0. The first-order valence-corrected chi connectivity index (χ1v) is 7.41. The minimum Gasteiger partial charge on any atom is -0.444 e. The molecule has 0 amide bonds. The van der Waals surface area contributed by atoms with Crippen LogP contribution in [-0.4, -0.2) is 36.1 Å². The zero-order valence-electron chi connectivity index (χ0n) is 11.8. The van der Waals surface area contributed by atoms with E-state index in [1.807, 2.05) is 6.07 Å². The number of nitrogens with one attached hydrogen (secondary N) is 1. The van der Waals surface area contributed by atoms with Gasteiger partial charge in [-0.15, -0.1) is 0 Å². The fourth-order valence-electron chi connectivity index (χ4n) is 3.44. The molecule has 1 N–H and O–H groups in total. The van der Waals surface area contributed by atoms with Crippen molar-refractivity contribution in [1.29, 1.82) is 0 Å². The van der Waals surface area contributed by atoms with Crippen LogP contribution in [0.25, 0.3) is 11.5 Å². The van der Waals surface area contributed by atoms with Crippen LogP contribution in [0.5, 0.6) is 0 Å². The molecule has 110 valence electrons. The Kier molecular flexibility index (Phi) is 3.24. The topological polar surface area (TPSA) is 41.3 Å². The molecule has 4 nitrogen and oxygen atoms in total. The maximum absolute atomic E-state index is 13.2. The molecule has 0 aliphatic carbocycles. The third-order valence-corrected chi connectivity index (χ3v) is 4.47. The van der Waals surface area contributed by atoms with Crippen molar-refractivity contribution in [2.75, 3.05) is 26.2 Å². The predicted molar refractivity (Wildman–Crippen MR) is 77.0 cm³/mol. The molecule has 0 radical (unpaired) electrons. The highest BCUT2D eigenvalue weighted by Crippen LogP contribution is 2.28. The number of aromatic nitrogens is 1. The molecule has 0 unspecified atom stereocenters. The molecular weight excluding hydrogens is 269 g/mol. The number of fused-ring (bicyclic) bond motifs is 1. The zero-order valence-corrected chi connectivity index (χ0v) is 11.8. The van der Waals surface area contributed by atoms with Crippen LogP contribution in [0.4, 0.5) is 4.39 Å². The van der Waals surface area contributed by atoms with Gasteiger partial charge in [-0.1, -0.05) is 6.07 Å². The van der Waals surface area contributed by atoms with E-state index in [1.165, 1.54) is 12.1 Å². The number of nitrogens with zero attached hydrogens (tertiary/aromatic N) is 2. The van der Waals surface area contributed by atoms with Crippen molar-refractivity contribution in [3.8, 4) is 11.5 Å². The monoisotopic (exact) mass is 287 g/mol. The van der Waals surface area contributed by atoms with E-state index in [-0.39, 0.29) is 5.82 Å². The number of halogens is 1. The summed E-state index contributed by atoms with van der Waals surface area (Å²) in [6.45, 7) is 5.33. The molecule has 2 saturated heterocycles. The summed E-state index contributed by atoms with van der Waals surface area (Å²) in [5.41, 5.74) is 1.60. The second kappa shape index (κ2) is 5.24. The van der Waals surface area contributed by atoms with E-state index in [0.29, 0.717) is 11.5 Å². The van der Waals surface area contributed by atoms with E-state index >= 15 is 0 Å². The number of hydrogen-bond acceptors (Lipinski definition) is 4. The van der Waals surface area contributed by atoms with Crippen LogP contribution in [0.1, 0.15) is 5.69 Å². The highest BCUT2D eigenvalue weighted by molar-refractivity contribution is 5.52. The Balaban J connectivity index is 1.45. The maximum atomic E-state index is 13.2. The lowest BCUT2D eigenvalue weighted by atomic mass is 10.0. The second-order valence-electron chi connectivity index (χ2n) is 6.03. The van der Waals surface area contributed by atoms with Crippen molar-refractivity contribution < 1.29 is 8.81 Å². The van der Waals surface area contributed by atoms with Crippen LogP contribution < -0.4 is 5.32 Å². The third kappa shape index (κ3) is 2.59. The van der Waals surface area contributed by atoms with Crippen LogP contribution in [0.3, 0.4) is 0 Å². The molecule has 2 fully saturated rings. The summed E-state index contributed by atoms with van der Waals surface area (Å²) in [4.78, 5) is 6.92. The van der Waals surface area contributed by atoms with E-state index in [4.69, 9.17) is 4.42 Å². The molecule has 1 aromatic carbocycles. The number of oxazole rings is 1. The van der Waals surface area contributed by atoms with Crippen LogP contribution in [0.15, 0.2) is 34.9 Å². The van der Waals surface area contributed by atoms with Crippen molar-refractivity contribution in [2.24, 2.45) is 11.8 Å². The first-order valence-electron chi connectivity index (χ1n) is 7.41. The first-order chi connectivity index (χ1) is 10.3. The summed E-state index contributed by atoms with van der Waals surface area (Å²) >= 11 is 0. The quantitative estimate of drug-likeness (QED) is 0.939. The van der Waals surface area contributed by atoms with E-state index < -0.39 is 0 Å². The minimum atomic E-state index is -0.271. The summed E-state index contributed by atoms with van der Waals surface area (Å²) < 4.78 is 18.7. The normalized spacial score (nSPS) is 25.4. The van der Waals surface area contributed by atoms with Gasteiger partial charge >= 0.3 is 0 Å². The molecular formula is C16H18FN3O. The van der Waals surface area contributed by atoms with Crippen molar-refractivity contribution >= 4 is 0 Å². The lowest BCUT2D eigenvalue weighted by molar-refractivity contribution is 0.302. The molecule has 5 heteroatoms. The predicted octanol–water partition coefficient (Wildman–Crippen LogP) is 2.13. The van der Waals surface area contributed by atoms with Gasteiger partial charge in [-0.05, 0) is 43.1 Å². The van der Waals surface area contributed by atoms with Gasteiger partial charge in [-0.25, -0.2) is 9.37 Å². The van der Waals surface area contributed by atoms with E-state index in [0.717, 1.165) is 50.3 Å². The Morgan fingerprint density at radius 1 is 1.29 bits per heavy atom. The Morgan fingerprint density at radius 2 is 2.10 bits per heavy atom. The highest BCUT2D eigenvalue weighted by atomic mass is 19.1. The lowest BCUT2D eigenvalue weighted by Gasteiger charge is -2.14. The van der Waals surface area contributed by atoms with Gasteiger partial charge in [0.1, 0.15) is 12.1 Å². The van der Waals surface area contributed by atoms with Crippen molar-refractivity contribution in [1.82, 2.24) is 15.2 Å². The molecule has 2 atom stereocenters. The van der Waals surface area contributed by atoms with Gasteiger partial charge in [-0.2, -0.15) is 0 Å². The molecule has 0 bridgehead atoms. The maximum Gasteiger partial charge on any atom is 0.226 e.